The summed E-state index contributed by atoms with van der Waals surface area (Å²) in [4.78, 5) is 1.52. The minimum atomic E-state index is 0.734. The monoisotopic (exact) mass is 265 g/mol. The van der Waals surface area contributed by atoms with Crippen molar-refractivity contribution in [3.63, 3.8) is 0 Å². The van der Waals surface area contributed by atoms with Crippen LogP contribution in [0.2, 0.25) is 0 Å². The summed E-state index contributed by atoms with van der Waals surface area (Å²) in [5.74, 6) is 5.58. The minimum absolute atomic E-state index is 0.734. The molecule has 3 heteroatoms. The van der Waals surface area contributed by atoms with Gasteiger partial charge in [0.2, 0.25) is 0 Å². The van der Waals surface area contributed by atoms with E-state index >= 15 is 0 Å². The molecule has 1 fully saturated rings. The summed E-state index contributed by atoms with van der Waals surface area (Å²) in [7, 11) is 2.11. The molecule has 1 nitrogen and oxygen atoms in total. The van der Waals surface area contributed by atoms with Gasteiger partial charge in [-0.3, -0.25) is 0 Å². The Labute approximate surface area is 112 Å². The Hall–Kier alpha value is -0.120. The Morgan fingerprint density at radius 3 is 3.00 bits per heavy atom. The van der Waals surface area contributed by atoms with Crippen LogP contribution in [0.5, 0.6) is 0 Å². The molecule has 3 rings (SSSR count). The van der Waals surface area contributed by atoms with Gasteiger partial charge in [-0.1, -0.05) is 18.2 Å². The lowest BCUT2D eigenvalue weighted by Gasteiger charge is -2.21. The van der Waals surface area contributed by atoms with Crippen LogP contribution in [0.3, 0.4) is 0 Å². The molecule has 0 aromatic heterocycles. The first kappa shape index (κ1) is 11.9. The molecule has 0 spiro atoms. The van der Waals surface area contributed by atoms with Gasteiger partial charge >= 0.3 is 0 Å². The van der Waals surface area contributed by atoms with Crippen LogP contribution in [0, 0.1) is 5.92 Å². The van der Waals surface area contributed by atoms with E-state index in [0.29, 0.717) is 0 Å². The number of rotatable bonds is 3. The largest absolute Gasteiger partial charge is 0.316 e. The third-order valence-corrected chi connectivity index (χ3v) is 6.47. The van der Waals surface area contributed by atoms with Crippen molar-refractivity contribution in [3.8, 4) is 0 Å². The molecule has 2 aliphatic rings. The molecule has 0 bridgehead atoms. The van der Waals surface area contributed by atoms with E-state index in [1.165, 1.54) is 28.6 Å². The molecule has 1 aromatic carbocycles. The SMILES string of the molecule is CNC1CSCC1CC1CSc2ccccc21. The van der Waals surface area contributed by atoms with Crippen LogP contribution < -0.4 is 5.32 Å². The van der Waals surface area contributed by atoms with Crippen molar-refractivity contribution in [2.24, 2.45) is 5.92 Å². The Morgan fingerprint density at radius 2 is 2.12 bits per heavy atom. The molecule has 0 saturated carbocycles. The van der Waals surface area contributed by atoms with Crippen LogP contribution in [0.15, 0.2) is 29.2 Å². The first-order chi connectivity index (χ1) is 8.38. The molecule has 2 aliphatic heterocycles. The first-order valence-electron chi connectivity index (χ1n) is 6.35. The van der Waals surface area contributed by atoms with Gasteiger partial charge in [0, 0.05) is 22.4 Å². The van der Waals surface area contributed by atoms with Crippen molar-refractivity contribution in [2.75, 3.05) is 24.3 Å². The van der Waals surface area contributed by atoms with Gasteiger partial charge in [-0.05, 0) is 42.7 Å². The highest BCUT2D eigenvalue weighted by Gasteiger charge is 2.32. The van der Waals surface area contributed by atoms with Gasteiger partial charge < -0.3 is 5.32 Å². The number of nitrogens with one attached hydrogen (secondary N) is 1. The second kappa shape index (κ2) is 5.25. The number of hydrogen-bond acceptors (Lipinski definition) is 3. The lowest BCUT2D eigenvalue weighted by Crippen LogP contribution is -2.33. The molecular weight excluding hydrogens is 246 g/mol. The summed E-state index contributed by atoms with van der Waals surface area (Å²) in [5.41, 5.74) is 1.60. The molecule has 1 aromatic rings. The van der Waals surface area contributed by atoms with E-state index in [0.717, 1.165) is 17.9 Å². The average Bonchev–Trinajstić information content (AvgIpc) is 2.97. The van der Waals surface area contributed by atoms with Gasteiger partial charge in [0.15, 0.2) is 0 Å². The molecule has 1 saturated heterocycles. The topological polar surface area (TPSA) is 12.0 Å². The van der Waals surface area contributed by atoms with Gasteiger partial charge in [0.1, 0.15) is 0 Å². The van der Waals surface area contributed by atoms with Crippen LogP contribution in [0.25, 0.3) is 0 Å². The van der Waals surface area contributed by atoms with Gasteiger partial charge in [0.25, 0.3) is 0 Å². The van der Waals surface area contributed by atoms with E-state index in [1.54, 1.807) is 5.56 Å². The Kier molecular flexibility index (Phi) is 3.69. The number of hydrogen-bond donors (Lipinski definition) is 1. The highest BCUT2D eigenvalue weighted by molar-refractivity contribution is 7.99. The van der Waals surface area contributed by atoms with Crippen molar-refractivity contribution in [2.45, 2.75) is 23.3 Å². The summed E-state index contributed by atoms with van der Waals surface area (Å²) in [5, 5.41) is 3.48. The van der Waals surface area contributed by atoms with Crippen LogP contribution in [0.1, 0.15) is 17.9 Å². The zero-order valence-electron chi connectivity index (χ0n) is 10.2. The molecule has 3 atom stereocenters. The second-order valence-corrected chi connectivity index (χ2v) is 7.11. The molecule has 1 N–H and O–H groups in total. The van der Waals surface area contributed by atoms with Crippen molar-refractivity contribution in [1.29, 1.82) is 0 Å². The van der Waals surface area contributed by atoms with E-state index in [9.17, 15) is 0 Å². The van der Waals surface area contributed by atoms with Gasteiger partial charge in [0.05, 0.1) is 0 Å². The van der Waals surface area contributed by atoms with Crippen LogP contribution in [-0.2, 0) is 0 Å². The Bertz CT molecular complexity index is 394. The van der Waals surface area contributed by atoms with Crippen LogP contribution >= 0.6 is 23.5 Å². The maximum absolute atomic E-state index is 3.48. The Morgan fingerprint density at radius 1 is 1.24 bits per heavy atom. The molecular formula is C14H19NS2. The van der Waals surface area contributed by atoms with E-state index in [1.807, 2.05) is 11.8 Å². The summed E-state index contributed by atoms with van der Waals surface area (Å²) in [6.07, 6.45) is 1.36. The summed E-state index contributed by atoms with van der Waals surface area (Å²) in [6.45, 7) is 0. The smallest absolute Gasteiger partial charge is 0.0191 e. The normalized spacial score (nSPS) is 31.7. The van der Waals surface area contributed by atoms with Gasteiger partial charge in [-0.15, -0.1) is 11.8 Å². The molecule has 17 heavy (non-hydrogen) atoms. The number of thioether (sulfide) groups is 2. The predicted molar refractivity (Wildman–Crippen MR) is 78.2 cm³/mol. The predicted octanol–water partition coefficient (Wildman–Crippen LogP) is 3.22. The lowest BCUT2D eigenvalue weighted by molar-refractivity contribution is 0.405. The summed E-state index contributed by atoms with van der Waals surface area (Å²) in [6, 6.07) is 9.69. The molecule has 92 valence electrons. The van der Waals surface area contributed by atoms with E-state index < -0.39 is 0 Å². The van der Waals surface area contributed by atoms with Crippen molar-refractivity contribution in [1.82, 2.24) is 5.32 Å². The van der Waals surface area contributed by atoms with E-state index in [4.69, 9.17) is 0 Å². The van der Waals surface area contributed by atoms with Crippen molar-refractivity contribution >= 4 is 23.5 Å². The molecule has 3 unspecified atom stereocenters. The Balaban J connectivity index is 1.71. The number of fused-ring (bicyclic) bond motifs is 1. The fourth-order valence-corrected chi connectivity index (χ4v) is 5.71. The maximum Gasteiger partial charge on any atom is 0.0191 e. The molecule has 0 amide bonds. The fraction of sp³-hybridized carbons (Fsp3) is 0.571. The average molecular weight is 265 g/mol. The van der Waals surface area contributed by atoms with Crippen LogP contribution in [0.4, 0.5) is 0 Å². The highest BCUT2D eigenvalue weighted by atomic mass is 32.2. The molecule has 2 heterocycles. The third kappa shape index (κ3) is 2.38. The highest BCUT2D eigenvalue weighted by Crippen LogP contribution is 2.44. The minimum Gasteiger partial charge on any atom is -0.316 e. The second-order valence-electron chi connectivity index (χ2n) is 4.97. The van der Waals surface area contributed by atoms with E-state index in [-0.39, 0.29) is 0 Å². The van der Waals surface area contributed by atoms with Crippen molar-refractivity contribution in [3.05, 3.63) is 29.8 Å². The van der Waals surface area contributed by atoms with Gasteiger partial charge in [-0.2, -0.15) is 11.8 Å². The fourth-order valence-electron chi connectivity index (χ4n) is 2.94. The standard InChI is InChI=1S/C14H19NS2/c1-15-13-9-16-7-11(13)6-10-8-17-14-5-3-2-4-12(10)14/h2-5,10-11,13,15H,6-9H2,1H3. The van der Waals surface area contributed by atoms with Crippen molar-refractivity contribution < 1.29 is 0 Å². The quantitative estimate of drug-likeness (QED) is 0.901. The zero-order chi connectivity index (χ0) is 11.7. The summed E-state index contributed by atoms with van der Waals surface area (Å²) < 4.78 is 0. The maximum atomic E-state index is 3.48. The molecule has 0 aliphatic carbocycles. The van der Waals surface area contributed by atoms with Gasteiger partial charge in [-0.25, -0.2) is 0 Å². The molecule has 0 radical (unpaired) electrons. The number of benzene rings is 1. The van der Waals surface area contributed by atoms with Crippen LogP contribution in [-0.4, -0.2) is 30.3 Å². The lowest BCUT2D eigenvalue weighted by atomic mass is 9.88. The summed E-state index contributed by atoms with van der Waals surface area (Å²) >= 11 is 4.15. The zero-order valence-corrected chi connectivity index (χ0v) is 11.8. The first-order valence-corrected chi connectivity index (χ1v) is 8.49. The van der Waals surface area contributed by atoms with E-state index in [2.05, 4.69) is 48.4 Å². The third-order valence-electron chi connectivity index (χ3n) is 3.96.